The summed E-state index contributed by atoms with van der Waals surface area (Å²) in [6, 6.07) is 8.05. The molecule has 1 aliphatic carbocycles. The second-order valence-corrected chi connectivity index (χ2v) is 5.58. The van der Waals surface area contributed by atoms with Crippen LogP contribution in [0.2, 0.25) is 0 Å². The Morgan fingerprint density at radius 1 is 1.19 bits per heavy atom. The summed E-state index contributed by atoms with van der Waals surface area (Å²) in [5, 5.41) is 3.24. The molecule has 0 spiro atoms. The number of halogens is 2. The van der Waals surface area contributed by atoms with Crippen molar-refractivity contribution in [3.63, 3.8) is 0 Å². The molecule has 21 heavy (non-hydrogen) atoms. The number of pyridine rings is 1. The molecule has 4 heteroatoms. The van der Waals surface area contributed by atoms with Crippen molar-refractivity contribution >= 4 is 5.69 Å². The van der Waals surface area contributed by atoms with Crippen molar-refractivity contribution in [3.05, 3.63) is 71.6 Å². The van der Waals surface area contributed by atoms with Crippen molar-refractivity contribution in [2.24, 2.45) is 5.92 Å². The smallest absolute Gasteiger partial charge is 0.149 e. The quantitative estimate of drug-likeness (QED) is 0.794. The van der Waals surface area contributed by atoms with Gasteiger partial charge in [-0.1, -0.05) is 18.2 Å². The monoisotopic (exact) mass is 284 g/mol. The summed E-state index contributed by atoms with van der Waals surface area (Å²) in [5.74, 6) is -0.778. The molecule has 1 aromatic carbocycles. The molecular formula is C17H14F2N2. The lowest BCUT2D eigenvalue weighted by molar-refractivity contribution is 0.412. The first kappa shape index (κ1) is 12.5. The van der Waals surface area contributed by atoms with Crippen LogP contribution in [0, 0.1) is 17.6 Å². The molecule has 2 nitrogen and oxygen atoms in total. The Kier molecular flexibility index (Phi) is 2.77. The van der Waals surface area contributed by atoms with Gasteiger partial charge in [-0.3, -0.25) is 4.98 Å². The Balaban J connectivity index is 1.84. The molecule has 0 bridgehead atoms. The highest BCUT2D eigenvalue weighted by atomic mass is 19.1. The molecule has 0 saturated heterocycles. The Bertz CT molecular complexity index is 712. The highest BCUT2D eigenvalue weighted by Crippen LogP contribution is 2.50. The number of rotatable bonds is 1. The lowest BCUT2D eigenvalue weighted by Gasteiger charge is -2.37. The van der Waals surface area contributed by atoms with E-state index in [4.69, 9.17) is 0 Å². The number of anilines is 1. The summed E-state index contributed by atoms with van der Waals surface area (Å²) in [5.41, 5.74) is 2.00. The van der Waals surface area contributed by atoms with Gasteiger partial charge in [0.1, 0.15) is 11.6 Å². The molecule has 0 amide bonds. The summed E-state index contributed by atoms with van der Waals surface area (Å²) in [6.45, 7) is 0. The van der Waals surface area contributed by atoms with Gasteiger partial charge in [0.2, 0.25) is 0 Å². The molecule has 0 radical (unpaired) electrons. The zero-order chi connectivity index (χ0) is 14.4. The Hall–Kier alpha value is -2.23. The van der Waals surface area contributed by atoms with Crippen molar-refractivity contribution in [2.45, 2.75) is 18.4 Å². The van der Waals surface area contributed by atoms with Crippen LogP contribution in [-0.2, 0) is 0 Å². The average Bonchev–Trinajstić information content (AvgIpc) is 2.97. The maximum atomic E-state index is 14.1. The van der Waals surface area contributed by atoms with Gasteiger partial charge < -0.3 is 5.32 Å². The van der Waals surface area contributed by atoms with Gasteiger partial charge in [-0.05, 0) is 36.1 Å². The van der Waals surface area contributed by atoms with Crippen molar-refractivity contribution in [3.8, 4) is 0 Å². The number of nitrogens with zero attached hydrogens (tertiary/aromatic N) is 1. The van der Waals surface area contributed by atoms with Crippen LogP contribution in [0.4, 0.5) is 14.5 Å². The molecule has 1 aliphatic heterocycles. The summed E-state index contributed by atoms with van der Waals surface area (Å²) < 4.78 is 27.7. The van der Waals surface area contributed by atoms with Crippen LogP contribution in [-0.4, -0.2) is 4.98 Å². The zero-order valence-electron chi connectivity index (χ0n) is 11.3. The largest absolute Gasteiger partial charge is 0.374 e. The van der Waals surface area contributed by atoms with E-state index >= 15 is 0 Å². The number of hydrogen-bond acceptors (Lipinski definition) is 2. The number of nitrogens with one attached hydrogen (secondary N) is 1. The van der Waals surface area contributed by atoms with Crippen molar-refractivity contribution in [1.82, 2.24) is 4.98 Å². The highest BCUT2D eigenvalue weighted by Gasteiger charge is 2.39. The summed E-state index contributed by atoms with van der Waals surface area (Å²) in [6.07, 6.45) is 6.77. The van der Waals surface area contributed by atoms with Crippen molar-refractivity contribution < 1.29 is 8.78 Å². The molecule has 2 aromatic rings. The molecular weight excluding hydrogens is 270 g/mol. The minimum Gasteiger partial charge on any atom is -0.374 e. The summed E-state index contributed by atoms with van der Waals surface area (Å²) in [7, 11) is 0. The molecule has 2 heterocycles. The minimum absolute atomic E-state index is 0.0402. The van der Waals surface area contributed by atoms with E-state index in [1.807, 2.05) is 18.2 Å². The van der Waals surface area contributed by atoms with Gasteiger partial charge in [-0.25, -0.2) is 8.78 Å². The summed E-state index contributed by atoms with van der Waals surface area (Å²) >= 11 is 0. The molecule has 0 fully saturated rings. The van der Waals surface area contributed by atoms with Gasteiger partial charge in [0.25, 0.3) is 0 Å². The van der Waals surface area contributed by atoms with Gasteiger partial charge in [0.15, 0.2) is 0 Å². The standard InChI is InChI=1S/C17H14F2N2/c18-10-8-13-11-4-3-5-12(11)17(15-6-1-2-7-20-15)21-16(13)14(19)9-10/h1-4,6-9,11-12,17,21H,5H2/t11-,12+,17-/m1/s1. The predicted octanol–water partition coefficient (Wildman–Crippen LogP) is 4.19. The number of allylic oxidation sites excluding steroid dienone is 2. The number of benzene rings is 1. The van der Waals surface area contributed by atoms with Crippen LogP contribution in [0.25, 0.3) is 0 Å². The Labute approximate surface area is 121 Å². The van der Waals surface area contributed by atoms with E-state index < -0.39 is 11.6 Å². The molecule has 3 atom stereocenters. The third-order valence-corrected chi connectivity index (χ3v) is 4.39. The lowest BCUT2D eigenvalue weighted by Crippen LogP contribution is -2.30. The first-order valence-electron chi connectivity index (χ1n) is 7.07. The van der Waals surface area contributed by atoms with Gasteiger partial charge in [-0.2, -0.15) is 0 Å². The van der Waals surface area contributed by atoms with E-state index in [0.717, 1.165) is 18.2 Å². The zero-order valence-corrected chi connectivity index (χ0v) is 11.3. The van der Waals surface area contributed by atoms with Crippen LogP contribution >= 0.6 is 0 Å². The van der Waals surface area contributed by atoms with E-state index in [2.05, 4.69) is 22.5 Å². The number of aromatic nitrogens is 1. The summed E-state index contributed by atoms with van der Waals surface area (Å²) in [4.78, 5) is 4.40. The van der Waals surface area contributed by atoms with Crippen LogP contribution < -0.4 is 5.32 Å². The Morgan fingerprint density at radius 2 is 2.10 bits per heavy atom. The van der Waals surface area contributed by atoms with E-state index in [1.54, 1.807) is 6.20 Å². The van der Waals surface area contributed by atoms with Crippen LogP contribution in [0.1, 0.15) is 29.6 Å². The fraction of sp³-hybridized carbons (Fsp3) is 0.235. The molecule has 1 N–H and O–H groups in total. The SMILES string of the molecule is Fc1cc(F)c2c(c1)[C@@H]1C=CC[C@@H]1[C@H](c1ccccn1)N2. The third-order valence-electron chi connectivity index (χ3n) is 4.39. The minimum atomic E-state index is -0.537. The molecule has 0 unspecified atom stereocenters. The van der Waals surface area contributed by atoms with Gasteiger partial charge in [0, 0.05) is 18.2 Å². The highest BCUT2D eigenvalue weighted by molar-refractivity contribution is 5.60. The van der Waals surface area contributed by atoms with Gasteiger partial charge in [0.05, 0.1) is 17.4 Å². The average molecular weight is 284 g/mol. The topological polar surface area (TPSA) is 24.9 Å². The van der Waals surface area contributed by atoms with E-state index in [0.29, 0.717) is 11.3 Å². The van der Waals surface area contributed by atoms with Gasteiger partial charge >= 0.3 is 0 Å². The van der Waals surface area contributed by atoms with Crippen molar-refractivity contribution in [1.29, 1.82) is 0 Å². The molecule has 2 aliphatic rings. The van der Waals surface area contributed by atoms with Crippen LogP contribution in [0.5, 0.6) is 0 Å². The van der Waals surface area contributed by atoms with Crippen LogP contribution in [0.3, 0.4) is 0 Å². The first-order valence-corrected chi connectivity index (χ1v) is 7.07. The third kappa shape index (κ3) is 1.94. The second-order valence-electron chi connectivity index (χ2n) is 5.58. The van der Waals surface area contributed by atoms with E-state index in [9.17, 15) is 8.78 Å². The number of hydrogen-bond donors (Lipinski definition) is 1. The maximum Gasteiger partial charge on any atom is 0.149 e. The number of fused-ring (bicyclic) bond motifs is 3. The Morgan fingerprint density at radius 3 is 2.90 bits per heavy atom. The molecule has 4 rings (SSSR count). The van der Waals surface area contributed by atoms with Crippen LogP contribution in [0.15, 0.2) is 48.7 Å². The van der Waals surface area contributed by atoms with Crippen molar-refractivity contribution in [2.75, 3.05) is 5.32 Å². The van der Waals surface area contributed by atoms with E-state index in [1.165, 1.54) is 6.07 Å². The van der Waals surface area contributed by atoms with E-state index in [-0.39, 0.29) is 17.9 Å². The predicted molar refractivity (Wildman–Crippen MR) is 76.9 cm³/mol. The first-order chi connectivity index (χ1) is 10.2. The van der Waals surface area contributed by atoms with Gasteiger partial charge in [-0.15, -0.1) is 0 Å². The lowest BCUT2D eigenvalue weighted by atomic mass is 9.78. The second kappa shape index (κ2) is 4.65. The molecule has 0 saturated carbocycles. The molecule has 106 valence electrons. The maximum absolute atomic E-state index is 14.1. The fourth-order valence-electron chi connectivity index (χ4n) is 3.47. The normalized spacial score (nSPS) is 26.1. The molecule has 1 aromatic heterocycles. The fourth-order valence-corrected chi connectivity index (χ4v) is 3.47.